The summed E-state index contributed by atoms with van der Waals surface area (Å²) in [4.78, 5) is 32.6. The molecule has 0 saturated carbocycles. The SMILES string of the molecule is CCCc1nc2ccc(N3C(=O)NC(C)C3=O)cc2[nH]1. The second-order valence-electron chi connectivity index (χ2n) is 4.98. The molecule has 0 radical (unpaired) electrons. The second kappa shape index (κ2) is 4.63. The van der Waals surface area contributed by atoms with Crippen LogP contribution >= 0.6 is 0 Å². The largest absolute Gasteiger partial charge is 0.342 e. The lowest BCUT2D eigenvalue weighted by molar-refractivity contribution is -0.117. The number of aromatic amines is 1. The summed E-state index contributed by atoms with van der Waals surface area (Å²) in [6.07, 6.45) is 1.89. The van der Waals surface area contributed by atoms with Gasteiger partial charge in [0, 0.05) is 6.42 Å². The number of carbonyl (C=O) groups excluding carboxylic acids is 2. The van der Waals surface area contributed by atoms with E-state index >= 15 is 0 Å². The van der Waals surface area contributed by atoms with Gasteiger partial charge in [-0.3, -0.25) is 4.79 Å². The van der Waals surface area contributed by atoms with Crippen LogP contribution in [0.15, 0.2) is 18.2 Å². The number of imide groups is 1. The summed E-state index contributed by atoms with van der Waals surface area (Å²) in [7, 11) is 0. The number of aromatic nitrogens is 2. The highest BCUT2D eigenvalue weighted by Gasteiger charge is 2.36. The lowest BCUT2D eigenvalue weighted by atomic mass is 10.2. The fourth-order valence-electron chi connectivity index (χ4n) is 2.39. The van der Waals surface area contributed by atoms with Crippen molar-refractivity contribution >= 4 is 28.7 Å². The molecule has 1 unspecified atom stereocenters. The molecule has 0 bridgehead atoms. The molecule has 3 rings (SSSR count). The number of hydrogen-bond acceptors (Lipinski definition) is 3. The lowest BCUT2D eigenvalue weighted by Crippen LogP contribution is -2.30. The number of H-pyrrole nitrogens is 1. The number of fused-ring (bicyclic) bond motifs is 1. The average molecular weight is 272 g/mol. The number of benzene rings is 1. The van der Waals surface area contributed by atoms with Crippen molar-refractivity contribution in [1.82, 2.24) is 15.3 Å². The molecule has 3 amide bonds. The van der Waals surface area contributed by atoms with Crippen molar-refractivity contribution in [3.05, 3.63) is 24.0 Å². The number of rotatable bonds is 3. The van der Waals surface area contributed by atoms with E-state index in [1.165, 1.54) is 4.90 Å². The molecule has 1 aliphatic rings. The molecule has 6 heteroatoms. The quantitative estimate of drug-likeness (QED) is 0.838. The van der Waals surface area contributed by atoms with Gasteiger partial charge < -0.3 is 10.3 Å². The van der Waals surface area contributed by atoms with E-state index in [4.69, 9.17) is 0 Å². The maximum atomic E-state index is 12.0. The van der Waals surface area contributed by atoms with E-state index < -0.39 is 6.04 Å². The van der Waals surface area contributed by atoms with Crippen molar-refractivity contribution in [2.24, 2.45) is 0 Å². The first-order valence-electron chi connectivity index (χ1n) is 6.73. The Morgan fingerprint density at radius 1 is 1.35 bits per heavy atom. The van der Waals surface area contributed by atoms with Gasteiger partial charge in [0.25, 0.3) is 5.91 Å². The Morgan fingerprint density at radius 2 is 2.15 bits per heavy atom. The van der Waals surface area contributed by atoms with Crippen molar-refractivity contribution in [3.8, 4) is 0 Å². The van der Waals surface area contributed by atoms with Crippen LogP contribution in [0.1, 0.15) is 26.1 Å². The molecule has 1 atom stereocenters. The number of aryl methyl sites for hydroxylation is 1. The molecular weight excluding hydrogens is 256 g/mol. The molecule has 2 aromatic rings. The smallest absolute Gasteiger partial charge is 0.329 e. The first-order chi connectivity index (χ1) is 9.60. The van der Waals surface area contributed by atoms with Gasteiger partial charge in [-0.05, 0) is 31.5 Å². The Labute approximate surface area is 116 Å². The van der Waals surface area contributed by atoms with Crippen molar-refractivity contribution in [2.75, 3.05) is 4.90 Å². The number of carbonyl (C=O) groups is 2. The molecule has 1 saturated heterocycles. The monoisotopic (exact) mass is 272 g/mol. The molecule has 6 nitrogen and oxygen atoms in total. The third-order valence-electron chi connectivity index (χ3n) is 3.39. The highest BCUT2D eigenvalue weighted by Crippen LogP contribution is 2.24. The van der Waals surface area contributed by atoms with Crippen LogP contribution in [-0.4, -0.2) is 27.9 Å². The van der Waals surface area contributed by atoms with Crippen LogP contribution in [0.4, 0.5) is 10.5 Å². The minimum atomic E-state index is -0.476. The Bertz CT molecular complexity index is 692. The Kier molecular flexibility index (Phi) is 2.93. The van der Waals surface area contributed by atoms with Gasteiger partial charge in [-0.15, -0.1) is 0 Å². The zero-order valence-electron chi connectivity index (χ0n) is 11.4. The fraction of sp³-hybridized carbons (Fsp3) is 0.357. The van der Waals surface area contributed by atoms with E-state index in [1.54, 1.807) is 19.1 Å². The maximum absolute atomic E-state index is 12.0. The standard InChI is InChI=1S/C14H16N4O2/c1-3-4-12-16-10-6-5-9(7-11(10)17-12)18-13(19)8(2)15-14(18)20/h5-8H,3-4H2,1-2H3,(H,15,20)(H,16,17). The van der Waals surface area contributed by atoms with Gasteiger partial charge in [-0.25, -0.2) is 14.7 Å². The van der Waals surface area contributed by atoms with Crippen molar-refractivity contribution in [1.29, 1.82) is 0 Å². The third kappa shape index (κ3) is 1.93. The molecule has 1 aromatic carbocycles. The van der Waals surface area contributed by atoms with Gasteiger partial charge in [0.15, 0.2) is 0 Å². The molecule has 104 valence electrons. The summed E-state index contributed by atoms with van der Waals surface area (Å²) in [5, 5.41) is 2.60. The molecule has 1 aromatic heterocycles. The molecule has 0 aliphatic carbocycles. The maximum Gasteiger partial charge on any atom is 0.329 e. The van der Waals surface area contributed by atoms with E-state index in [9.17, 15) is 9.59 Å². The Hall–Kier alpha value is -2.37. The van der Waals surface area contributed by atoms with E-state index in [-0.39, 0.29) is 11.9 Å². The minimum Gasteiger partial charge on any atom is -0.342 e. The predicted octanol–water partition coefficient (Wildman–Crippen LogP) is 1.96. The lowest BCUT2D eigenvalue weighted by Gasteiger charge is -2.12. The van der Waals surface area contributed by atoms with Crippen LogP contribution in [0.25, 0.3) is 11.0 Å². The van der Waals surface area contributed by atoms with Crippen LogP contribution in [0.2, 0.25) is 0 Å². The highest BCUT2D eigenvalue weighted by molar-refractivity contribution is 6.21. The molecule has 0 spiro atoms. The van der Waals surface area contributed by atoms with Gasteiger partial charge in [0.05, 0.1) is 16.7 Å². The topological polar surface area (TPSA) is 78.1 Å². The Balaban J connectivity index is 2.00. The fourth-order valence-corrected chi connectivity index (χ4v) is 2.39. The number of nitrogens with one attached hydrogen (secondary N) is 2. The first kappa shape index (κ1) is 12.7. The van der Waals surface area contributed by atoms with Crippen LogP contribution in [0.5, 0.6) is 0 Å². The molecule has 1 fully saturated rings. The molecular formula is C14H16N4O2. The molecule has 20 heavy (non-hydrogen) atoms. The average Bonchev–Trinajstić information content (AvgIpc) is 2.90. The number of imidazole rings is 1. The summed E-state index contributed by atoms with van der Waals surface area (Å²) in [6.45, 7) is 3.77. The molecule has 2 N–H and O–H groups in total. The van der Waals surface area contributed by atoms with E-state index in [2.05, 4.69) is 22.2 Å². The predicted molar refractivity (Wildman–Crippen MR) is 75.6 cm³/mol. The zero-order valence-corrected chi connectivity index (χ0v) is 11.4. The second-order valence-corrected chi connectivity index (χ2v) is 4.98. The number of anilines is 1. The summed E-state index contributed by atoms with van der Waals surface area (Å²) >= 11 is 0. The first-order valence-corrected chi connectivity index (χ1v) is 6.73. The number of urea groups is 1. The number of amides is 3. The third-order valence-corrected chi connectivity index (χ3v) is 3.39. The highest BCUT2D eigenvalue weighted by atomic mass is 16.2. The van der Waals surface area contributed by atoms with Crippen molar-refractivity contribution in [2.45, 2.75) is 32.7 Å². The summed E-state index contributed by atoms with van der Waals surface area (Å²) in [6, 6.07) is 4.50. The normalized spacial score (nSPS) is 18.9. The number of hydrogen-bond donors (Lipinski definition) is 2. The van der Waals surface area contributed by atoms with Crippen LogP contribution in [-0.2, 0) is 11.2 Å². The van der Waals surface area contributed by atoms with Crippen molar-refractivity contribution < 1.29 is 9.59 Å². The van der Waals surface area contributed by atoms with E-state index in [1.807, 2.05) is 6.07 Å². The molecule has 2 heterocycles. The summed E-state index contributed by atoms with van der Waals surface area (Å²) in [5.41, 5.74) is 2.25. The summed E-state index contributed by atoms with van der Waals surface area (Å²) in [5.74, 6) is 0.688. The minimum absolute atomic E-state index is 0.234. The van der Waals surface area contributed by atoms with Gasteiger partial charge in [0.1, 0.15) is 11.9 Å². The van der Waals surface area contributed by atoms with Gasteiger partial charge >= 0.3 is 6.03 Å². The Morgan fingerprint density at radius 3 is 2.80 bits per heavy atom. The number of nitrogens with zero attached hydrogens (tertiary/aromatic N) is 2. The van der Waals surface area contributed by atoms with Crippen LogP contribution in [0, 0.1) is 0 Å². The molecule has 1 aliphatic heterocycles. The van der Waals surface area contributed by atoms with Gasteiger partial charge in [0.2, 0.25) is 0 Å². The zero-order chi connectivity index (χ0) is 14.3. The van der Waals surface area contributed by atoms with E-state index in [0.29, 0.717) is 5.69 Å². The van der Waals surface area contributed by atoms with Crippen LogP contribution < -0.4 is 10.2 Å². The van der Waals surface area contributed by atoms with Crippen LogP contribution in [0.3, 0.4) is 0 Å². The summed E-state index contributed by atoms with van der Waals surface area (Å²) < 4.78 is 0. The van der Waals surface area contributed by atoms with Crippen molar-refractivity contribution in [3.63, 3.8) is 0 Å². The van der Waals surface area contributed by atoms with Gasteiger partial charge in [-0.2, -0.15) is 0 Å². The van der Waals surface area contributed by atoms with Gasteiger partial charge in [-0.1, -0.05) is 6.92 Å². The van der Waals surface area contributed by atoms with E-state index in [0.717, 1.165) is 29.7 Å².